The molecule has 0 heterocycles. The molecule has 2 rings (SSSR count). The molecule has 0 radical (unpaired) electrons. The lowest BCUT2D eigenvalue weighted by atomic mass is 9.79. The van der Waals surface area contributed by atoms with Gasteiger partial charge in [0.2, 0.25) is 0 Å². The molecular formula is C20H30O2. The van der Waals surface area contributed by atoms with Crippen LogP contribution in [0.2, 0.25) is 0 Å². The molecule has 0 spiro atoms. The molecule has 2 heteroatoms. The van der Waals surface area contributed by atoms with E-state index in [1.807, 2.05) is 0 Å². The number of rotatable bonds is 8. The highest BCUT2D eigenvalue weighted by Crippen LogP contribution is 2.31. The van der Waals surface area contributed by atoms with Gasteiger partial charge in [0.1, 0.15) is 0 Å². The summed E-state index contributed by atoms with van der Waals surface area (Å²) in [5.41, 5.74) is 2.89. The molecule has 1 saturated carbocycles. The van der Waals surface area contributed by atoms with Crippen LogP contribution >= 0.6 is 0 Å². The summed E-state index contributed by atoms with van der Waals surface area (Å²) in [7, 11) is 0. The second-order valence-corrected chi connectivity index (χ2v) is 6.87. The van der Waals surface area contributed by atoms with Gasteiger partial charge in [-0.2, -0.15) is 0 Å². The summed E-state index contributed by atoms with van der Waals surface area (Å²) in [6.07, 6.45) is 11.4. The first kappa shape index (κ1) is 17.1. The number of carbonyl (C=O) groups is 1. The van der Waals surface area contributed by atoms with Gasteiger partial charge in [-0.15, -0.1) is 0 Å². The third-order valence-corrected chi connectivity index (χ3v) is 5.13. The zero-order valence-electron chi connectivity index (χ0n) is 13.9. The Morgan fingerprint density at radius 3 is 2.14 bits per heavy atom. The Hall–Kier alpha value is -1.31. The van der Waals surface area contributed by atoms with Gasteiger partial charge in [-0.3, -0.25) is 4.79 Å². The molecule has 1 aliphatic carbocycles. The van der Waals surface area contributed by atoms with Crippen molar-refractivity contribution in [3.63, 3.8) is 0 Å². The molecule has 122 valence electrons. The Labute approximate surface area is 134 Å². The van der Waals surface area contributed by atoms with Crippen molar-refractivity contribution in [2.75, 3.05) is 0 Å². The van der Waals surface area contributed by atoms with Crippen molar-refractivity contribution in [2.24, 2.45) is 11.8 Å². The van der Waals surface area contributed by atoms with Gasteiger partial charge in [-0.25, -0.2) is 0 Å². The van der Waals surface area contributed by atoms with Crippen LogP contribution < -0.4 is 0 Å². The summed E-state index contributed by atoms with van der Waals surface area (Å²) in [6.45, 7) is 2.24. The van der Waals surface area contributed by atoms with E-state index in [9.17, 15) is 4.79 Å². The maximum atomic E-state index is 11.0. The normalized spacial score (nSPS) is 21.7. The van der Waals surface area contributed by atoms with Gasteiger partial charge < -0.3 is 5.11 Å². The fourth-order valence-electron chi connectivity index (χ4n) is 3.52. The highest BCUT2D eigenvalue weighted by Gasteiger charge is 2.25. The lowest BCUT2D eigenvalue weighted by molar-refractivity contribution is -0.143. The molecule has 1 fully saturated rings. The largest absolute Gasteiger partial charge is 0.481 e. The minimum atomic E-state index is -0.600. The molecule has 1 aromatic rings. The van der Waals surface area contributed by atoms with E-state index in [4.69, 9.17) is 5.11 Å². The van der Waals surface area contributed by atoms with Crippen LogP contribution in [0.1, 0.15) is 69.4 Å². The van der Waals surface area contributed by atoms with Crippen molar-refractivity contribution >= 4 is 5.97 Å². The van der Waals surface area contributed by atoms with E-state index in [0.717, 1.165) is 38.0 Å². The van der Waals surface area contributed by atoms with Gasteiger partial charge in [-0.1, -0.05) is 44.0 Å². The average molecular weight is 302 g/mol. The monoisotopic (exact) mass is 302 g/mol. The third-order valence-electron chi connectivity index (χ3n) is 5.13. The van der Waals surface area contributed by atoms with Crippen LogP contribution in [0.3, 0.4) is 0 Å². The first-order valence-electron chi connectivity index (χ1n) is 8.99. The molecular weight excluding hydrogens is 272 g/mol. The standard InChI is InChI=1S/C20H30O2/c1-2-3-4-5-16-6-8-17(9-7-16)10-11-18-12-14-19(15-13-18)20(21)22/h6-9,18-19H,2-5,10-15H2,1H3,(H,21,22). The number of carboxylic acid groups (broad SMARTS) is 1. The molecule has 22 heavy (non-hydrogen) atoms. The van der Waals surface area contributed by atoms with Crippen molar-refractivity contribution in [2.45, 2.75) is 71.1 Å². The van der Waals surface area contributed by atoms with Crippen LogP contribution in [0.25, 0.3) is 0 Å². The first-order valence-corrected chi connectivity index (χ1v) is 8.99. The zero-order chi connectivity index (χ0) is 15.8. The molecule has 0 unspecified atom stereocenters. The molecule has 1 aliphatic rings. The number of carboxylic acids is 1. The van der Waals surface area contributed by atoms with Crippen LogP contribution in [0, 0.1) is 11.8 Å². The Kier molecular flexibility index (Phi) is 6.95. The second-order valence-electron chi connectivity index (χ2n) is 6.87. The summed E-state index contributed by atoms with van der Waals surface area (Å²) >= 11 is 0. The highest BCUT2D eigenvalue weighted by atomic mass is 16.4. The fraction of sp³-hybridized carbons (Fsp3) is 0.650. The summed E-state index contributed by atoms with van der Waals surface area (Å²) in [6, 6.07) is 9.13. The molecule has 0 saturated heterocycles. The zero-order valence-corrected chi connectivity index (χ0v) is 13.9. The van der Waals surface area contributed by atoms with E-state index < -0.39 is 5.97 Å². The second kappa shape index (κ2) is 8.97. The van der Waals surface area contributed by atoms with Crippen molar-refractivity contribution in [3.05, 3.63) is 35.4 Å². The van der Waals surface area contributed by atoms with Crippen LogP contribution in [-0.2, 0) is 17.6 Å². The summed E-state index contributed by atoms with van der Waals surface area (Å²) in [4.78, 5) is 11.0. The summed E-state index contributed by atoms with van der Waals surface area (Å²) in [5, 5.41) is 9.04. The Morgan fingerprint density at radius 1 is 1.00 bits per heavy atom. The van der Waals surface area contributed by atoms with Crippen molar-refractivity contribution in [1.29, 1.82) is 0 Å². The van der Waals surface area contributed by atoms with Gasteiger partial charge in [0.05, 0.1) is 5.92 Å². The minimum Gasteiger partial charge on any atom is -0.481 e. The van der Waals surface area contributed by atoms with E-state index in [1.165, 1.54) is 43.2 Å². The highest BCUT2D eigenvalue weighted by molar-refractivity contribution is 5.69. The first-order chi connectivity index (χ1) is 10.7. The van der Waals surface area contributed by atoms with Gasteiger partial charge >= 0.3 is 5.97 Å². The van der Waals surface area contributed by atoms with Crippen molar-refractivity contribution in [3.8, 4) is 0 Å². The van der Waals surface area contributed by atoms with Gasteiger partial charge in [-0.05, 0) is 68.4 Å². The molecule has 0 bridgehead atoms. The smallest absolute Gasteiger partial charge is 0.306 e. The van der Waals surface area contributed by atoms with Crippen LogP contribution in [-0.4, -0.2) is 11.1 Å². The molecule has 0 amide bonds. The molecule has 0 aliphatic heterocycles. The number of aliphatic carboxylic acids is 1. The maximum absolute atomic E-state index is 11.0. The van der Waals surface area contributed by atoms with E-state index in [2.05, 4.69) is 31.2 Å². The molecule has 0 aromatic heterocycles. The topological polar surface area (TPSA) is 37.3 Å². The maximum Gasteiger partial charge on any atom is 0.306 e. The van der Waals surface area contributed by atoms with Crippen LogP contribution in [0.15, 0.2) is 24.3 Å². The lowest BCUT2D eigenvalue weighted by Gasteiger charge is -2.26. The quantitative estimate of drug-likeness (QED) is 0.666. The van der Waals surface area contributed by atoms with E-state index in [-0.39, 0.29) is 5.92 Å². The molecule has 1 N–H and O–H groups in total. The van der Waals surface area contributed by atoms with Crippen LogP contribution in [0.4, 0.5) is 0 Å². The summed E-state index contributed by atoms with van der Waals surface area (Å²) < 4.78 is 0. The molecule has 0 atom stereocenters. The van der Waals surface area contributed by atoms with E-state index >= 15 is 0 Å². The Bertz CT molecular complexity index is 441. The predicted octanol–water partition coefficient (Wildman–Crippen LogP) is 5.24. The average Bonchev–Trinajstić information content (AvgIpc) is 2.55. The number of benzene rings is 1. The van der Waals surface area contributed by atoms with Gasteiger partial charge in [0.15, 0.2) is 0 Å². The van der Waals surface area contributed by atoms with Crippen molar-refractivity contribution in [1.82, 2.24) is 0 Å². The fourth-order valence-corrected chi connectivity index (χ4v) is 3.52. The third kappa shape index (κ3) is 5.47. The SMILES string of the molecule is CCCCCc1ccc(CCC2CCC(C(=O)O)CC2)cc1. The predicted molar refractivity (Wildman–Crippen MR) is 91.1 cm³/mol. The number of unbranched alkanes of at least 4 members (excludes halogenated alkanes) is 2. The lowest BCUT2D eigenvalue weighted by Crippen LogP contribution is -2.21. The molecule has 1 aromatic carbocycles. The molecule has 2 nitrogen and oxygen atoms in total. The van der Waals surface area contributed by atoms with Crippen LogP contribution in [0.5, 0.6) is 0 Å². The van der Waals surface area contributed by atoms with E-state index in [1.54, 1.807) is 0 Å². The Balaban J connectivity index is 1.70. The van der Waals surface area contributed by atoms with E-state index in [0.29, 0.717) is 0 Å². The number of aryl methyl sites for hydroxylation is 2. The van der Waals surface area contributed by atoms with Crippen molar-refractivity contribution < 1.29 is 9.90 Å². The summed E-state index contributed by atoms with van der Waals surface area (Å²) in [5.74, 6) is 0.0376. The number of hydrogen-bond acceptors (Lipinski definition) is 1. The van der Waals surface area contributed by atoms with Gasteiger partial charge in [0.25, 0.3) is 0 Å². The Morgan fingerprint density at radius 2 is 1.59 bits per heavy atom. The minimum absolute atomic E-state index is 0.0846. The van der Waals surface area contributed by atoms with Gasteiger partial charge in [0, 0.05) is 0 Å². The number of hydrogen-bond donors (Lipinski definition) is 1.